The molecule has 3 rings (SSSR count). The van der Waals surface area contributed by atoms with Gasteiger partial charge in [-0.1, -0.05) is 30.3 Å². The van der Waals surface area contributed by atoms with Crippen LogP contribution in [0.4, 0.5) is 11.4 Å². The number of carbonyl (C=O) groups excluding carboxylic acids is 1. The van der Waals surface area contributed by atoms with Gasteiger partial charge in [0, 0.05) is 11.8 Å². The number of nitro groups is 1. The van der Waals surface area contributed by atoms with Crippen molar-refractivity contribution < 1.29 is 14.8 Å². The second kappa shape index (κ2) is 7.90. The molecule has 28 heavy (non-hydrogen) atoms. The molecule has 0 aromatic heterocycles. The number of nitrogens with zero attached hydrogens (tertiary/aromatic N) is 2. The van der Waals surface area contributed by atoms with Gasteiger partial charge in [-0.15, -0.1) is 0 Å². The molecule has 3 aromatic carbocycles. The first-order valence-corrected chi connectivity index (χ1v) is 8.77. The third kappa shape index (κ3) is 4.00. The van der Waals surface area contributed by atoms with Crippen molar-refractivity contribution in [1.29, 1.82) is 5.26 Å². The number of amides is 1. The van der Waals surface area contributed by atoms with Crippen LogP contribution in [0.5, 0.6) is 5.75 Å². The monoisotopic (exact) mass is 437 g/mol. The van der Waals surface area contributed by atoms with Crippen LogP contribution in [0.2, 0.25) is 0 Å². The maximum atomic E-state index is 12.5. The van der Waals surface area contributed by atoms with Crippen LogP contribution >= 0.6 is 15.9 Å². The van der Waals surface area contributed by atoms with Crippen molar-refractivity contribution in [2.75, 3.05) is 5.32 Å². The van der Waals surface area contributed by atoms with Crippen LogP contribution in [0.1, 0.15) is 5.56 Å². The van der Waals surface area contributed by atoms with E-state index in [2.05, 4.69) is 21.2 Å². The van der Waals surface area contributed by atoms with E-state index >= 15 is 0 Å². The van der Waals surface area contributed by atoms with Crippen molar-refractivity contribution in [3.05, 3.63) is 80.3 Å². The molecule has 0 saturated heterocycles. The largest absolute Gasteiger partial charge is 0.501 e. The van der Waals surface area contributed by atoms with Gasteiger partial charge in [-0.2, -0.15) is 5.26 Å². The number of halogens is 1. The van der Waals surface area contributed by atoms with E-state index in [0.29, 0.717) is 5.69 Å². The normalized spacial score (nSPS) is 11.1. The Balaban J connectivity index is 1.91. The number of benzene rings is 3. The summed E-state index contributed by atoms with van der Waals surface area (Å²) in [5, 5.41) is 34.7. The minimum Gasteiger partial charge on any atom is -0.501 e. The number of carbonyl (C=O) groups is 1. The number of rotatable bonds is 4. The standard InChI is InChI=1S/C20H12BrN3O4/c21-17-8-12(9-18(19(17)25)24(27)28)7-15(11-22)20(26)23-16-6-5-13-3-1-2-4-14(13)10-16/h1-10,25H,(H,23,26)/b15-7+. The number of phenols is 1. The molecule has 0 aliphatic carbocycles. The van der Waals surface area contributed by atoms with E-state index in [1.165, 1.54) is 12.1 Å². The van der Waals surface area contributed by atoms with Crippen LogP contribution < -0.4 is 5.32 Å². The van der Waals surface area contributed by atoms with Crippen LogP contribution in [-0.2, 0) is 4.79 Å². The number of anilines is 1. The van der Waals surface area contributed by atoms with Crippen LogP contribution in [0.25, 0.3) is 16.8 Å². The van der Waals surface area contributed by atoms with E-state index in [9.17, 15) is 25.3 Å². The van der Waals surface area contributed by atoms with Gasteiger partial charge in [0.2, 0.25) is 5.75 Å². The highest BCUT2D eigenvalue weighted by Crippen LogP contribution is 2.35. The molecule has 0 radical (unpaired) electrons. The minimum atomic E-state index is -0.751. The number of nitrogens with one attached hydrogen (secondary N) is 1. The average Bonchev–Trinajstić information content (AvgIpc) is 2.68. The van der Waals surface area contributed by atoms with Crippen molar-refractivity contribution in [1.82, 2.24) is 0 Å². The molecule has 0 spiro atoms. The molecule has 0 atom stereocenters. The third-order valence-corrected chi connectivity index (χ3v) is 4.55. The fraction of sp³-hybridized carbons (Fsp3) is 0. The summed E-state index contributed by atoms with van der Waals surface area (Å²) in [6, 6.07) is 17.2. The molecule has 0 unspecified atom stereocenters. The predicted octanol–water partition coefficient (Wildman–Crippen LogP) is 4.76. The molecule has 0 bridgehead atoms. The quantitative estimate of drug-likeness (QED) is 0.264. The van der Waals surface area contributed by atoms with Crippen LogP contribution in [0, 0.1) is 21.4 Å². The van der Waals surface area contributed by atoms with Crippen molar-refractivity contribution in [2.45, 2.75) is 0 Å². The van der Waals surface area contributed by atoms with Gasteiger partial charge in [0.1, 0.15) is 11.6 Å². The topological polar surface area (TPSA) is 116 Å². The number of nitro benzene ring substituents is 1. The summed E-state index contributed by atoms with van der Waals surface area (Å²) in [7, 11) is 0. The van der Waals surface area contributed by atoms with Gasteiger partial charge in [-0.25, -0.2) is 0 Å². The Morgan fingerprint density at radius 1 is 1.18 bits per heavy atom. The van der Waals surface area contributed by atoms with E-state index < -0.39 is 22.3 Å². The molecular weight excluding hydrogens is 426 g/mol. The van der Waals surface area contributed by atoms with Crippen LogP contribution in [0.3, 0.4) is 0 Å². The fourth-order valence-electron chi connectivity index (χ4n) is 2.61. The first-order chi connectivity index (χ1) is 13.4. The van der Waals surface area contributed by atoms with Crippen molar-refractivity contribution in [2.24, 2.45) is 0 Å². The van der Waals surface area contributed by atoms with E-state index in [1.807, 2.05) is 30.3 Å². The first kappa shape index (κ1) is 19.1. The van der Waals surface area contributed by atoms with Crippen LogP contribution in [-0.4, -0.2) is 15.9 Å². The zero-order valence-electron chi connectivity index (χ0n) is 14.2. The molecule has 0 aliphatic heterocycles. The summed E-state index contributed by atoms with van der Waals surface area (Å²) in [5.74, 6) is -1.18. The lowest BCUT2D eigenvalue weighted by Gasteiger charge is -2.06. The number of fused-ring (bicyclic) bond motifs is 1. The molecule has 1 amide bonds. The Labute approximate surface area is 167 Å². The lowest BCUT2D eigenvalue weighted by atomic mass is 10.1. The summed E-state index contributed by atoms with van der Waals surface area (Å²) in [6.07, 6.45) is 1.22. The van der Waals surface area contributed by atoms with Gasteiger partial charge in [0.25, 0.3) is 5.91 Å². The Hall–Kier alpha value is -3.70. The Kier molecular flexibility index (Phi) is 5.38. The summed E-state index contributed by atoms with van der Waals surface area (Å²) in [5.41, 5.74) is -0.0304. The molecule has 138 valence electrons. The predicted molar refractivity (Wildman–Crippen MR) is 109 cm³/mol. The number of phenolic OH excluding ortho intramolecular Hbond substituents is 1. The second-order valence-corrected chi connectivity index (χ2v) is 6.67. The van der Waals surface area contributed by atoms with Crippen LogP contribution in [0.15, 0.2) is 64.6 Å². The zero-order chi connectivity index (χ0) is 20.3. The maximum Gasteiger partial charge on any atom is 0.312 e. The summed E-state index contributed by atoms with van der Waals surface area (Å²) in [6.45, 7) is 0. The molecule has 7 nitrogen and oxygen atoms in total. The molecule has 0 fully saturated rings. The SMILES string of the molecule is N#C/C(=C\c1cc(Br)c(O)c([N+](=O)[O-])c1)C(=O)Nc1ccc2ccccc2c1. The zero-order valence-corrected chi connectivity index (χ0v) is 15.8. The van der Waals surface area contributed by atoms with Gasteiger partial charge in [0.05, 0.1) is 9.40 Å². The fourth-order valence-corrected chi connectivity index (χ4v) is 3.08. The molecular formula is C20H12BrN3O4. The number of hydrogen-bond donors (Lipinski definition) is 2. The van der Waals surface area contributed by atoms with Crippen molar-refractivity contribution >= 4 is 50.1 Å². The smallest absolute Gasteiger partial charge is 0.312 e. The summed E-state index contributed by atoms with van der Waals surface area (Å²) >= 11 is 3.02. The van der Waals surface area contributed by atoms with Gasteiger partial charge in [0.15, 0.2) is 0 Å². The number of hydrogen-bond acceptors (Lipinski definition) is 5. The van der Waals surface area contributed by atoms with E-state index in [0.717, 1.165) is 16.8 Å². The van der Waals surface area contributed by atoms with Gasteiger partial charge in [-0.3, -0.25) is 14.9 Å². The highest BCUT2D eigenvalue weighted by atomic mass is 79.9. The average molecular weight is 438 g/mol. The van der Waals surface area contributed by atoms with Crippen molar-refractivity contribution in [3.63, 3.8) is 0 Å². The Morgan fingerprint density at radius 3 is 2.57 bits per heavy atom. The van der Waals surface area contributed by atoms with E-state index in [1.54, 1.807) is 18.2 Å². The molecule has 0 saturated carbocycles. The molecule has 2 N–H and O–H groups in total. The highest BCUT2D eigenvalue weighted by molar-refractivity contribution is 9.10. The maximum absolute atomic E-state index is 12.5. The number of aromatic hydroxyl groups is 1. The highest BCUT2D eigenvalue weighted by Gasteiger charge is 2.18. The lowest BCUT2D eigenvalue weighted by molar-refractivity contribution is -0.386. The Bertz CT molecular complexity index is 1180. The van der Waals surface area contributed by atoms with E-state index in [4.69, 9.17) is 0 Å². The number of nitriles is 1. The molecule has 0 aliphatic rings. The lowest BCUT2D eigenvalue weighted by Crippen LogP contribution is -2.13. The molecule has 3 aromatic rings. The minimum absolute atomic E-state index is 0.0835. The summed E-state index contributed by atoms with van der Waals surface area (Å²) < 4.78 is 0.0835. The summed E-state index contributed by atoms with van der Waals surface area (Å²) in [4.78, 5) is 22.7. The van der Waals surface area contributed by atoms with Crippen molar-refractivity contribution in [3.8, 4) is 11.8 Å². The van der Waals surface area contributed by atoms with Gasteiger partial charge in [-0.05, 0) is 56.5 Å². The molecule has 0 heterocycles. The third-order valence-electron chi connectivity index (χ3n) is 3.95. The first-order valence-electron chi connectivity index (χ1n) is 7.98. The second-order valence-electron chi connectivity index (χ2n) is 5.81. The Morgan fingerprint density at radius 2 is 1.89 bits per heavy atom. The van der Waals surface area contributed by atoms with Gasteiger partial charge < -0.3 is 10.4 Å². The van der Waals surface area contributed by atoms with E-state index in [-0.39, 0.29) is 15.6 Å². The molecule has 8 heteroatoms. The van der Waals surface area contributed by atoms with Gasteiger partial charge >= 0.3 is 5.69 Å².